The van der Waals surface area contributed by atoms with Crippen molar-refractivity contribution in [2.45, 2.75) is 19.3 Å². The molecule has 2 nitrogen and oxygen atoms in total. The van der Waals surface area contributed by atoms with Gasteiger partial charge in [-0.2, -0.15) is 0 Å². The van der Waals surface area contributed by atoms with Crippen molar-refractivity contribution in [1.29, 1.82) is 0 Å². The van der Waals surface area contributed by atoms with Crippen LogP contribution < -0.4 is 4.90 Å². The molecule has 0 spiro atoms. The zero-order chi connectivity index (χ0) is 41.4. The van der Waals surface area contributed by atoms with E-state index in [0.29, 0.717) is 0 Å². The SMILES string of the molecule is CC1(C)c2ccccc2-c2ccc(N(c3ccc4c(c3)c3ccccc3c3c(-c5ccccc5)cc(-c5ccccc5)c(-c5ccccc5)c43)c3nccc4ccccc34)cc21. The van der Waals surface area contributed by atoms with Gasteiger partial charge in [-0.05, 0) is 130 Å². The van der Waals surface area contributed by atoms with E-state index >= 15 is 0 Å². The second-order valence-electron chi connectivity index (χ2n) is 17.1. The topological polar surface area (TPSA) is 16.1 Å². The smallest absolute Gasteiger partial charge is 0.145 e. The van der Waals surface area contributed by atoms with Crippen molar-refractivity contribution in [2.75, 3.05) is 4.90 Å². The minimum absolute atomic E-state index is 0.154. The predicted octanol–water partition coefficient (Wildman–Crippen LogP) is 16.5. The van der Waals surface area contributed by atoms with Gasteiger partial charge in [0.25, 0.3) is 0 Å². The summed E-state index contributed by atoms with van der Waals surface area (Å²) in [5.74, 6) is 0.906. The van der Waals surface area contributed by atoms with Crippen molar-refractivity contribution in [2.24, 2.45) is 0 Å². The van der Waals surface area contributed by atoms with E-state index in [0.717, 1.165) is 28.0 Å². The lowest BCUT2D eigenvalue weighted by Crippen LogP contribution is -2.17. The van der Waals surface area contributed by atoms with Gasteiger partial charge in [0.15, 0.2) is 0 Å². The Hall–Kier alpha value is -7.81. The van der Waals surface area contributed by atoms with Gasteiger partial charge in [0.1, 0.15) is 5.82 Å². The number of nitrogens with zero attached hydrogens (tertiary/aromatic N) is 2. The van der Waals surface area contributed by atoms with Gasteiger partial charge in [-0.3, -0.25) is 4.90 Å². The number of hydrogen-bond acceptors (Lipinski definition) is 2. The van der Waals surface area contributed by atoms with Crippen LogP contribution in [0.5, 0.6) is 0 Å². The van der Waals surface area contributed by atoms with Crippen molar-refractivity contribution in [3.8, 4) is 44.5 Å². The minimum Gasteiger partial charge on any atom is -0.295 e. The van der Waals surface area contributed by atoms with Crippen LogP contribution in [0.4, 0.5) is 17.2 Å². The Kier molecular flexibility index (Phi) is 8.23. The zero-order valence-corrected chi connectivity index (χ0v) is 34.7. The molecule has 0 saturated carbocycles. The van der Waals surface area contributed by atoms with E-state index in [1.165, 1.54) is 88.0 Å². The molecule has 0 N–H and O–H groups in total. The summed E-state index contributed by atoms with van der Waals surface area (Å²) < 4.78 is 0. The summed E-state index contributed by atoms with van der Waals surface area (Å²) in [5, 5.41) is 9.64. The van der Waals surface area contributed by atoms with Gasteiger partial charge < -0.3 is 0 Å². The summed E-state index contributed by atoms with van der Waals surface area (Å²) in [6, 6.07) is 77.9. The largest absolute Gasteiger partial charge is 0.295 e. The molecule has 11 aromatic rings. The summed E-state index contributed by atoms with van der Waals surface area (Å²) in [5.41, 5.74) is 14.6. The van der Waals surface area contributed by atoms with E-state index in [2.05, 4.69) is 231 Å². The molecule has 0 bridgehead atoms. The van der Waals surface area contributed by atoms with E-state index in [-0.39, 0.29) is 5.41 Å². The molecule has 0 unspecified atom stereocenters. The molecule has 0 atom stereocenters. The molecule has 62 heavy (non-hydrogen) atoms. The van der Waals surface area contributed by atoms with E-state index in [4.69, 9.17) is 4.98 Å². The molecule has 12 rings (SSSR count). The summed E-state index contributed by atoms with van der Waals surface area (Å²) in [4.78, 5) is 7.57. The maximum atomic E-state index is 5.19. The third kappa shape index (κ3) is 5.53. The molecule has 1 aliphatic rings. The van der Waals surface area contributed by atoms with Crippen LogP contribution in [0.2, 0.25) is 0 Å². The van der Waals surface area contributed by atoms with E-state index in [1.807, 2.05) is 6.20 Å². The number of anilines is 3. The van der Waals surface area contributed by atoms with Gasteiger partial charge in [0.2, 0.25) is 0 Å². The van der Waals surface area contributed by atoms with Crippen LogP contribution in [0, 0.1) is 0 Å². The molecule has 0 aliphatic heterocycles. The Labute approximate surface area is 362 Å². The molecule has 0 amide bonds. The number of aromatic nitrogens is 1. The third-order valence-electron chi connectivity index (χ3n) is 13.3. The lowest BCUT2D eigenvalue weighted by Gasteiger charge is -2.29. The third-order valence-corrected chi connectivity index (χ3v) is 13.3. The Bertz CT molecular complexity index is 3530. The molecule has 2 heteroatoms. The fraction of sp³-hybridized carbons (Fsp3) is 0.0500. The fourth-order valence-corrected chi connectivity index (χ4v) is 10.4. The Balaban J connectivity index is 1.20. The first kappa shape index (κ1) is 36.1. The molecular formula is C60H42N2. The van der Waals surface area contributed by atoms with Crippen LogP contribution in [-0.4, -0.2) is 4.98 Å². The van der Waals surface area contributed by atoms with E-state index in [1.54, 1.807) is 0 Å². The van der Waals surface area contributed by atoms with Gasteiger partial charge >= 0.3 is 0 Å². The van der Waals surface area contributed by atoms with Crippen molar-refractivity contribution in [3.05, 3.63) is 230 Å². The molecule has 0 radical (unpaired) electrons. The highest BCUT2D eigenvalue weighted by Crippen LogP contribution is 2.53. The van der Waals surface area contributed by atoms with Crippen LogP contribution in [0.3, 0.4) is 0 Å². The molecule has 1 heterocycles. The van der Waals surface area contributed by atoms with Gasteiger partial charge in [-0.1, -0.05) is 190 Å². The number of hydrogen-bond donors (Lipinski definition) is 0. The monoisotopic (exact) mass is 790 g/mol. The predicted molar refractivity (Wildman–Crippen MR) is 263 cm³/mol. The number of benzene rings is 10. The lowest BCUT2D eigenvalue weighted by atomic mass is 9.81. The van der Waals surface area contributed by atoms with Crippen LogP contribution in [0.1, 0.15) is 25.0 Å². The van der Waals surface area contributed by atoms with Crippen molar-refractivity contribution < 1.29 is 0 Å². The van der Waals surface area contributed by atoms with Crippen molar-refractivity contribution in [3.63, 3.8) is 0 Å². The van der Waals surface area contributed by atoms with Gasteiger partial charge in [0.05, 0.1) is 0 Å². The van der Waals surface area contributed by atoms with Crippen LogP contribution in [0.25, 0.3) is 87.6 Å². The summed E-state index contributed by atoms with van der Waals surface area (Å²) in [6.07, 6.45) is 1.95. The fourth-order valence-electron chi connectivity index (χ4n) is 10.4. The summed E-state index contributed by atoms with van der Waals surface area (Å²) in [7, 11) is 0. The molecular weight excluding hydrogens is 749 g/mol. The number of pyridine rings is 1. The molecule has 10 aromatic carbocycles. The number of rotatable bonds is 6. The van der Waals surface area contributed by atoms with Gasteiger partial charge in [-0.15, -0.1) is 0 Å². The highest BCUT2D eigenvalue weighted by atomic mass is 15.2. The molecule has 0 saturated heterocycles. The maximum Gasteiger partial charge on any atom is 0.145 e. The molecule has 292 valence electrons. The lowest BCUT2D eigenvalue weighted by molar-refractivity contribution is 0.660. The van der Waals surface area contributed by atoms with Crippen molar-refractivity contribution >= 4 is 60.3 Å². The van der Waals surface area contributed by atoms with Gasteiger partial charge in [-0.25, -0.2) is 4.98 Å². The molecule has 1 aromatic heterocycles. The first-order valence-corrected chi connectivity index (χ1v) is 21.5. The van der Waals surface area contributed by atoms with Crippen molar-refractivity contribution in [1.82, 2.24) is 4.98 Å². The summed E-state index contributed by atoms with van der Waals surface area (Å²) in [6.45, 7) is 4.71. The maximum absolute atomic E-state index is 5.19. The van der Waals surface area contributed by atoms with E-state index < -0.39 is 0 Å². The zero-order valence-electron chi connectivity index (χ0n) is 34.7. The van der Waals surface area contributed by atoms with Crippen LogP contribution >= 0.6 is 0 Å². The molecule has 0 fully saturated rings. The summed E-state index contributed by atoms with van der Waals surface area (Å²) >= 11 is 0. The minimum atomic E-state index is -0.154. The highest BCUT2D eigenvalue weighted by molar-refractivity contribution is 6.33. The quantitative estimate of drug-likeness (QED) is 0.156. The average molecular weight is 791 g/mol. The van der Waals surface area contributed by atoms with Crippen LogP contribution in [0.15, 0.2) is 219 Å². The second-order valence-corrected chi connectivity index (χ2v) is 17.1. The molecule has 1 aliphatic carbocycles. The Morgan fingerprint density at radius 2 is 0.935 bits per heavy atom. The second kappa shape index (κ2) is 14.1. The van der Waals surface area contributed by atoms with Gasteiger partial charge in [0, 0.05) is 28.4 Å². The van der Waals surface area contributed by atoms with E-state index in [9.17, 15) is 0 Å². The number of fused-ring (bicyclic) bond motifs is 10. The standard InChI is InChI=1S/C60H42N2/c1-60(2)54-29-17-16-27-47(54)48-32-30-44(37-55(48)60)62(59-45-25-13-12-22-41(45)34-35-61-59)43-31-33-50-53(36-43)46-26-14-15-28-49(46)57-52(40-20-8-4-9-21-40)38-51(39-18-6-3-7-19-39)56(58(50)57)42-23-10-5-11-24-42/h3-38H,1-2H3. The first-order chi connectivity index (χ1) is 30.5. The Morgan fingerprint density at radius 1 is 0.371 bits per heavy atom. The average Bonchev–Trinajstić information content (AvgIpc) is 3.57. The van der Waals surface area contributed by atoms with Crippen LogP contribution in [-0.2, 0) is 5.41 Å². The highest BCUT2D eigenvalue weighted by Gasteiger charge is 2.36. The normalized spacial score (nSPS) is 12.8. The first-order valence-electron chi connectivity index (χ1n) is 21.5. The Morgan fingerprint density at radius 3 is 1.69 bits per heavy atom.